The molecule has 0 aliphatic carbocycles. The van der Waals surface area contributed by atoms with Crippen LogP contribution in [0, 0.1) is 6.92 Å². The van der Waals surface area contributed by atoms with Gasteiger partial charge in [-0.3, -0.25) is 4.79 Å². The first-order chi connectivity index (χ1) is 16.1. The van der Waals surface area contributed by atoms with Crippen LogP contribution in [0.25, 0.3) is 0 Å². The number of aryl methyl sites for hydroxylation is 1. The van der Waals surface area contributed by atoms with Crippen molar-refractivity contribution in [3.05, 3.63) is 57.6 Å². The van der Waals surface area contributed by atoms with E-state index in [0.717, 1.165) is 48.1 Å². The zero-order valence-corrected chi connectivity index (χ0v) is 22.2. The van der Waals surface area contributed by atoms with E-state index < -0.39 is 15.9 Å². The van der Waals surface area contributed by atoms with E-state index in [1.54, 1.807) is 7.11 Å². The molecule has 0 spiro atoms. The molecule has 1 heterocycles. The number of carbonyl (C=O) groups is 1. The van der Waals surface area contributed by atoms with E-state index in [0.29, 0.717) is 13.1 Å². The van der Waals surface area contributed by atoms with Crippen LogP contribution in [0.5, 0.6) is 5.75 Å². The van der Waals surface area contributed by atoms with Gasteiger partial charge in [-0.1, -0.05) is 38.3 Å². The summed E-state index contributed by atoms with van der Waals surface area (Å²) in [5.41, 5.74) is 3.19. The number of nitrogens with zero attached hydrogens (tertiary/aromatic N) is 1. The van der Waals surface area contributed by atoms with E-state index in [4.69, 9.17) is 16.3 Å². The summed E-state index contributed by atoms with van der Waals surface area (Å²) in [6.45, 7) is 9.07. The quantitative estimate of drug-likeness (QED) is 0.512. The lowest BCUT2D eigenvalue weighted by molar-refractivity contribution is 0.0939. The number of benzene rings is 2. The first-order valence-electron chi connectivity index (χ1n) is 11.8. The first kappa shape index (κ1) is 26.5. The predicted molar refractivity (Wildman–Crippen MR) is 136 cm³/mol. The van der Waals surface area contributed by atoms with Gasteiger partial charge in [0.2, 0.25) is 10.0 Å². The standard InChI is InChI=1S/C26H35ClN2O4S/c1-17(2)21-16-22(18(3)14-25(21)33-5)19(4)28-26(30)23-15-20(10-11-24(23)27)34(31,32)29-12-8-6-7-9-13-29/h10-11,14-17,19H,6-9,12-13H2,1-5H3,(H,28,30)/t19-/m1/s1. The average molecular weight is 507 g/mol. The molecular weight excluding hydrogens is 472 g/mol. The average Bonchev–Trinajstić information content (AvgIpc) is 3.08. The number of halogens is 1. The van der Waals surface area contributed by atoms with Crippen LogP contribution in [0.2, 0.25) is 5.02 Å². The smallest absolute Gasteiger partial charge is 0.253 e. The topological polar surface area (TPSA) is 75.7 Å². The Bertz CT molecular complexity index is 1140. The highest BCUT2D eigenvalue weighted by Gasteiger charge is 2.27. The minimum Gasteiger partial charge on any atom is -0.496 e. The molecule has 0 bridgehead atoms. The molecule has 6 nitrogen and oxygen atoms in total. The van der Waals surface area contributed by atoms with Gasteiger partial charge in [0, 0.05) is 13.1 Å². The lowest BCUT2D eigenvalue weighted by Crippen LogP contribution is -2.32. The number of hydrogen-bond acceptors (Lipinski definition) is 4. The number of amides is 1. The summed E-state index contributed by atoms with van der Waals surface area (Å²) in [7, 11) is -2.03. The minimum absolute atomic E-state index is 0.0966. The van der Waals surface area contributed by atoms with Crippen molar-refractivity contribution >= 4 is 27.5 Å². The van der Waals surface area contributed by atoms with Gasteiger partial charge in [-0.2, -0.15) is 4.31 Å². The molecule has 186 valence electrons. The van der Waals surface area contributed by atoms with Crippen LogP contribution < -0.4 is 10.1 Å². The SMILES string of the molecule is COc1cc(C)c([C@@H](C)NC(=O)c2cc(S(=O)(=O)N3CCCCCC3)ccc2Cl)cc1C(C)C. The van der Waals surface area contributed by atoms with Gasteiger partial charge in [-0.15, -0.1) is 0 Å². The molecule has 0 saturated carbocycles. The highest BCUT2D eigenvalue weighted by atomic mass is 35.5. The third-order valence-corrected chi connectivity index (χ3v) is 8.66. The zero-order valence-electron chi connectivity index (χ0n) is 20.7. The number of carbonyl (C=O) groups excluding carboxylic acids is 1. The van der Waals surface area contributed by atoms with Crippen LogP contribution in [0.1, 0.15) is 85.5 Å². The van der Waals surface area contributed by atoms with Crippen molar-refractivity contribution in [3.8, 4) is 5.75 Å². The second-order valence-corrected chi connectivity index (χ2v) is 11.6. The fourth-order valence-corrected chi connectivity index (χ4v) is 6.18. The summed E-state index contributed by atoms with van der Waals surface area (Å²) in [6.07, 6.45) is 3.75. The van der Waals surface area contributed by atoms with E-state index in [2.05, 4.69) is 25.2 Å². The summed E-state index contributed by atoms with van der Waals surface area (Å²) >= 11 is 6.33. The van der Waals surface area contributed by atoms with Crippen molar-refractivity contribution in [2.24, 2.45) is 0 Å². The molecule has 2 aromatic carbocycles. The number of hydrogen-bond donors (Lipinski definition) is 1. The Kier molecular flexibility index (Phi) is 8.66. The van der Waals surface area contributed by atoms with Gasteiger partial charge in [0.05, 0.1) is 28.6 Å². The molecule has 1 amide bonds. The van der Waals surface area contributed by atoms with Gasteiger partial charge in [-0.25, -0.2) is 8.42 Å². The maximum Gasteiger partial charge on any atom is 0.253 e. The van der Waals surface area contributed by atoms with Gasteiger partial charge in [0.15, 0.2) is 0 Å². The van der Waals surface area contributed by atoms with Crippen LogP contribution >= 0.6 is 11.6 Å². The molecule has 1 N–H and O–H groups in total. The molecule has 0 aromatic heterocycles. The van der Waals surface area contributed by atoms with Crippen LogP contribution in [0.3, 0.4) is 0 Å². The molecule has 3 rings (SSSR count). The normalized spacial score (nSPS) is 16.2. The van der Waals surface area contributed by atoms with E-state index in [1.807, 2.05) is 19.9 Å². The van der Waals surface area contributed by atoms with Crippen molar-refractivity contribution in [2.75, 3.05) is 20.2 Å². The van der Waals surface area contributed by atoms with Gasteiger partial charge in [-0.05, 0) is 79.6 Å². The van der Waals surface area contributed by atoms with Crippen LogP contribution in [-0.2, 0) is 10.0 Å². The van der Waals surface area contributed by atoms with E-state index >= 15 is 0 Å². The van der Waals surface area contributed by atoms with Gasteiger partial charge >= 0.3 is 0 Å². The molecule has 2 aromatic rings. The van der Waals surface area contributed by atoms with Crippen molar-refractivity contribution in [1.82, 2.24) is 9.62 Å². The van der Waals surface area contributed by atoms with E-state index in [9.17, 15) is 13.2 Å². The second kappa shape index (κ2) is 11.1. The fourth-order valence-electron chi connectivity index (χ4n) is 4.43. The van der Waals surface area contributed by atoms with Crippen LogP contribution in [0.4, 0.5) is 0 Å². The fraction of sp³-hybridized carbons (Fsp3) is 0.500. The Hall–Kier alpha value is -2.09. The largest absolute Gasteiger partial charge is 0.496 e. The van der Waals surface area contributed by atoms with Crippen LogP contribution in [-0.4, -0.2) is 38.8 Å². The first-order valence-corrected chi connectivity index (χ1v) is 13.7. The number of methoxy groups -OCH3 is 1. The lowest BCUT2D eigenvalue weighted by Gasteiger charge is -2.22. The third kappa shape index (κ3) is 5.75. The number of rotatable bonds is 7. The Balaban J connectivity index is 1.87. The Morgan fingerprint density at radius 2 is 1.68 bits per heavy atom. The molecule has 1 saturated heterocycles. The molecule has 1 fully saturated rings. The lowest BCUT2D eigenvalue weighted by atomic mass is 9.93. The number of sulfonamides is 1. The number of nitrogens with one attached hydrogen (secondary N) is 1. The predicted octanol–water partition coefficient (Wildman–Crippen LogP) is 5.84. The van der Waals surface area contributed by atoms with Gasteiger partial charge in [0.25, 0.3) is 5.91 Å². The monoisotopic (exact) mass is 506 g/mol. The molecule has 0 radical (unpaired) electrons. The van der Waals surface area contributed by atoms with Crippen LogP contribution in [0.15, 0.2) is 35.2 Å². The molecule has 1 atom stereocenters. The Morgan fingerprint density at radius 3 is 2.26 bits per heavy atom. The molecule has 1 aliphatic heterocycles. The zero-order chi connectivity index (χ0) is 25.0. The molecule has 34 heavy (non-hydrogen) atoms. The highest BCUT2D eigenvalue weighted by molar-refractivity contribution is 7.89. The van der Waals surface area contributed by atoms with Gasteiger partial charge in [0.1, 0.15) is 5.75 Å². The number of ether oxygens (including phenoxy) is 1. The molecule has 8 heteroatoms. The van der Waals surface area contributed by atoms with Crippen molar-refractivity contribution < 1.29 is 17.9 Å². The maximum atomic E-state index is 13.2. The third-order valence-electron chi connectivity index (χ3n) is 6.44. The van der Waals surface area contributed by atoms with Crippen molar-refractivity contribution in [2.45, 2.75) is 70.2 Å². The molecule has 1 aliphatic rings. The summed E-state index contributed by atoms with van der Waals surface area (Å²) in [5, 5.41) is 3.21. The minimum atomic E-state index is -3.69. The van der Waals surface area contributed by atoms with Gasteiger partial charge < -0.3 is 10.1 Å². The Morgan fingerprint density at radius 1 is 1.03 bits per heavy atom. The second-order valence-electron chi connectivity index (χ2n) is 9.26. The summed E-state index contributed by atoms with van der Waals surface area (Å²) in [5.74, 6) is 0.670. The summed E-state index contributed by atoms with van der Waals surface area (Å²) < 4.78 is 33.5. The van der Waals surface area contributed by atoms with Crippen molar-refractivity contribution in [3.63, 3.8) is 0 Å². The molecule has 0 unspecified atom stereocenters. The highest BCUT2D eigenvalue weighted by Crippen LogP contribution is 2.32. The summed E-state index contributed by atoms with van der Waals surface area (Å²) in [4.78, 5) is 13.3. The van der Waals surface area contributed by atoms with Crippen molar-refractivity contribution in [1.29, 1.82) is 0 Å². The summed E-state index contributed by atoms with van der Waals surface area (Å²) in [6, 6.07) is 8.09. The van der Waals surface area contributed by atoms with E-state index in [-0.39, 0.29) is 27.4 Å². The van der Waals surface area contributed by atoms with E-state index in [1.165, 1.54) is 22.5 Å². The maximum absolute atomic E-state index is 13.2. The Labute approximate surface area is 208 Å². The molecular formula is C26H35ClN2O4S.